The number of ether oxygens (including phenoxy) is 1. The van der Waals surface area contributed by atoms with E-state index in [0.29, 0.717) is 6.04 Å². The fourth-order valence-electron chi connectivity index (χ4n) is 3.66. The molecule has 1 aromatic rings. The van der Waals surface area contributed by atoms with Gasteiger partial charge in [0, 0.05) is 24.7 Å². The molecule has 0 bridgehead atoms. The Morgan fingerprint density at radius 2 is 1.81 bits per heavy atom. The summed E-state index contributed by atoms with van der Waals surface area (Å²) in [6, 6.07) is 11.6. The second-order valence-electron chi connectivity index (χ2n) is 6.49. The van der Waals surface area contributed by atoms with Crippen LogP contribution in [-0.2, 0) is 10.2 Å². The second kappa shape index (κ2) is 7.95. The first-order valence-electron chi connectivity index (χ1n) is 8.59. The van der Waals surface area contributed by atoms with Crippen molar-refractivity contribution in [3.63, 3.8) is 0 Å². The van der Waals surface area contributed by atoms with Crippen LogP contribution in [-0.4, -0.2) is 25.8 Å². The van der Waals surface area contributed by atoms with E-state index in [1.807, 2.05) is 0 Å². The molecule has 2 nitrogen and oxygen atoms in total. The number of hydrogen-bond acceptors (Lipinski definition) is 2. The van der Waals surface area contributed by atoms with Gasteiger partial charge in [-0.1, -0.05) is 57.5 Å². The largest absolute Gasteiger partial charge is 0.381 e. The van der Waals surface area contributed by atoms with E-state index < -0.39 is 0 Å². The molecule has 2 atom stereocenters. The predicted molar refractivity (Wildman–Crippen MR) is 89.7 cm³/mol. The number of benzene rings is 1. The van der Waals surface area contributed by atoms with Crippen LogP contribution in [0.25, 0.3) is 0 Å². The first-order valence-corrected chi connectivity index (χ1v) is 8.59. The summed E-state index contributed by atoms with van der Waals surface area (Å²) in [7, 11) is 0. The van der Waals surface area contributed by atoms with Crippen LogP contribution in [0.1, 0.15) is 52.0 Å². The van der Waals surface area contributed by atoms with Gasteiger partial charge in [0.05, 0.1) is 0 Å². The van der Waals surface area contributed by atoms with Gasteiger partial charge < -0.3 is 10.1 Å². The van der Waals surface area contributed by atoms with Gasteiger partial charge in [-0.25, -0.2) is 0 Å². The van der Waals surface area contributed by atoms with E-state index in [1.54, 1.807) is 0 Å². The van der Waals surface area contributed by atoms with Gasteiger partial charge in [0.25, 0.3) is 0 Å². The molecule has 0 radical (unpaired) electrons. The lowest BCUT2D eigenvalue weighted by Gasteiger charge is -2.45. The van der Waals surface area contributed by atoms with Crippen molar-refractivity contribution in [1.82, 2.24) is 5.32 Å². The quantitative estimate of drug-likeness (QED) is 0.814. The first-order chi connectivity index (χ1) is 10.2. The molecule has 118 valence electrons. The van der Waals surface area contributed by atoms with E-state index in [-0.39, 0.29) is 5.41 Å². The van der Waals surface area contributed by atoms with Gasteiger partial charge in [-0.2, -0.15) is 0 Å². The number of likely N-dealkylation sites (N-methyl/N-ethyl adjacent to an activating group) is 1. The van der Waals surface area contributed by atoms with Crippen molar-refractivity contribution in [2.24, 2.45) is 5.92 Å². The van der Waals surface area contributed by atoms with Crippen molar-refractivity contribution in [3.8, 4) is 0 Å². The highest BCUT2D eigenvalue weighted by Gasteiger charge is 2.41. The van der Waals surface area contributed by atoms with Crippen molar-refractivity contribution < 1.29 is 4.74 Å². The average Bonchev–Trinajstić information content (AvgIpc) is 2.55. The highest BCUT2D eigenvalue weighted by atomic mass is 16.5. The van der Waals surface area contributed by atoms with Gasteiger partial charge in [-0.05, 0) is 37.3 Å². The van der Waals surface area contributed by atoms with E-state index >= 15 is 0 Å². The van der Waals surface area contributed by atoms with E-state index in [2.05, 4.69) is 56.4 Å². The highest BCUT2D eigenvalue weighted by Crippen LogP contribution is 2.40. The summed E-state index contributed by atoms with van der Waals surface area (Å²) >= 11 is 0. The Hall–Kier alpha value is -0.860. The summed E-state index contributed by atoms with van der Waals surface area (Å²) in [5, 5.41) is 3.80. The molecule has 1 saturated heterocycles. The summed E-state index contributed by atoms with van der Waals surface area (Å²) in [5.74, 6) is 0.762. The third-order valence-electron chi connectivity index (χ3n) is 5.19. The molecule has 1 aromatic carbocycles. The summed E-state index contributed by atoms with van der Waals surface area (Å²) in [5.41, 5.74) is 1.72. The van der Waals surface area contributed by atoms with Crippen LogP contribution in [0.15, 0.2) is 30.3 Å². The normalized spacial score (nSPS) is 20.9. The lowest BCUT2D eigenvalue weighted by molar-refractivity contribution is 0.0307. The minimum Gasteiger partial charge on any atom is -0.381 e. The topological polar surface area (TPSA) is 21.3 Å². The van der Waals surface area contributed by atoms with Crippen LogP contribution in [0.5, 0.6) is 0 Å². The molecule has 1 fully saturated rings. The lowest BCUT2D eigenvalue weighted by atomic mass is 9.66. The molecular formula is C19H31NO. The summed E-state index contributed by atoms with van der Waals surface area (Å²) < 4.78 is 5.68. The zero-order valence-corrected chi connectivity index (χ0v) is 13.9. The zero-order valence-electron chi connectivity index (χ0n) is 13.9. The maximum absolute atomic E-state index is 5.68. The van der Waals surface area contributed by atoms with Gasteiger partial charge in [0.15, 0.2) is 0 Å². The zero-order chi connectivity index (χ0) is 15.1. The van der Waals surface area contributed by atoms with Gasteiger partial charge in [0.1, 0.15) is 0 Å². The Morgan fingerprint density at radius 1 is 1.14 bits per heavy atom. The fourth-order valence-corrected chi connectivity index (χ4v) is 3.66. The summed E-state index contributed by atoms with van der Waals surface area (Å²) in [4.78, 5) is 0. The smallest absolute Gasteiger partial charge is 0.0475 e. The molecule has 2 unspecified atom stereocenters. The van der Waals surface area contributed by atoms with Crippen LogP contribution in [0.3, 0.4) is 0 Å². The van der Waals surface area contributed by atoms with Crippen LogP contribution in [0.2, 0.25) is 0 Å². The fraction of sp³-hybridized carbons (Fsp3) is 0.684. The van der Waals surface area contributed by atoms with Gasteiger partial charge in [-0.15, -0.1) is 0 Å². The summed E-state index contributed by atoms with van der Waals surface area (Å²) in [6.07, 6.45) is 4.76. The summed E-state index contributed by atoms with van der Waals surface area (Å²) in [6.45, 7) is 9.71. The minimum atomic E-state index is 0.235. The minimum absolute atomic E-state index is 0.235. The molecule has 0 spiro atoms. The Morgan fingerprint density at radius 3 is 2.38 bits per heavy atom. The SMILES string of the molecule is CCNC(CC(C)CC)C1(c2ccccc2)CCOCC1. The third kappa shape index (κ3) is 3.87. The molecule has 0 aliphatic carbocycles. The number of rotatable bonds is 7. The molecule has 21 heavy (non-hydrogen) atoms. The second-order valence-corrected chi connectivity index (χ2v) is 6.49. The highest BCUT2D eigenvalue weighted by molar-refractivity contribution is 5.28. The lowest BCUT2D eigenvalue weighted by Crippen LogP contribution is -2.52. The molecule has 0 amide bonds. The van der Waals surface area contributed by atoms with Crippen molar-refractivity contribution in [2.75, 3.05) is 19.8 Å². The predicted octanol–water partition coefficient (Wildman–Crippen LogP) is 4.15. The maximum atomic E-state index is 5.68. The molecule has 2 heteroatoms. The number of hydrogen-bond donors (Lipinski definition) is 1. The van der Waals surface area contributed by atoms with E-state index in [9.17, 15) is 0 Å². The average molecular weight is 289 g/mol. The molecule has 1 aliphatic rings. The molecule has 0 saturated carbocycles. The standard InChI is InChI=1S/C19H31NO/c1-4-16(3)15-18(20-5-2)19(11-13-21-14-12-19)17-9-7-6-8-10-17/h6-10,16,18,20H,4-5,11-15H2,1-3H3. The Bertz CT molecular complexity index is 397. The van der Waals surface area contributed by atoms with Crippen molar-refractivity contribution in [3.05, 3.63) is 35.9 Å². The Labute approximate surface area is 130 Å². The van der Waals surface area contributed by atoms with E-state index in [4.69, 9.17) is 4.74 Å². The van der Waals surface area contributed by atoms with Crippen LogP contribution in [0.4, 0.5) is 0 Å². The van der Waals surface area contributed by atoms with Gasteiger partial charge in [0.2, 0.25) is 0 Å². The van der Waals surface area contributed by atoms with Crippen LogP contribution < -0.4 is 5.32 Å². The van der Waals surface area contributed by atoms with Crippen molar-refractivity contribution in [1.29, 1.82) is 0 Å². The molecule has 1 N–H and O–H groups in total. The number of nitrogens with one attached hydrogen (secondary N) is 1. The van der Waals surface area contributed by atoms with Gasteiger partial charge >= 0.3 is 0 Å². The maximum Gasteiger partial charge on any atom is 0.0475 e. The van der Waals surface area contributed by atoms with Gasteiger partial charge in [-0.3, -0.25) is 0 Å². The molecule has 0 aromatic heterocycles. The van der Waals surface area contributed by atoms with E-state index in [1.165, 1.54) is 18.4 Å². The molecule has 1 heterocycles. The first kappa shape index (κ1) is 16.5. The Kier molecular flexibility index (Phi) is 6.25. The van der Waals surface area contributed by atoms with E-state index in [0.717, 1.165) is 38.5 Å². The third-order valence-corrected chi connectivity index (χ3v) is 5.19. The van der Waals surface area contributed by atoms with Crippen LogP contribution in [0, 0.1) is 5.92 Å². The van der Waals surface area contributed by atoms with Crippen molar-refractivity contribution >= 4 is 0 Å². The molecular weight excluding hydrogens is 258 g/mol. The van der Waals surface area contributed by atoms with Crippen LogP contribution >= 0.6 is 0 Å². The monoisotopic (exact) mass is 289 g/mol. The van der Waals surface area contributed by atoms with Crippen molar-refractivity contribution in [2.45, 2.75) is 57.9 Å². The molecule has 2 rings (SSSR count). The molecule has 1 aliphatic heterocycles. The Balaban J connectivity index is 2.31.